The number of halogens is 3. The molecule has 0 radical (unpaired) electrons. The summed E-state index contributed by atoms with van der Waals surface area (Å²) in [5.74, 6) is 0.109. The van der Waals surface area contributed by atoms with E-state index in [2.05, 4.69) is 0 Å². The Morgan fingerprint density at radius 2 is 1.69 bits per heavy atom. The van der Waals surface area contributed by atoms with Crippen LogP contribution in [0.25, 0.3) is 6.08 Å². The standard InChI is InChI=1S/C24H16F3NO2S2/c25-24(26,27)18-10-6-11-19(14-18)28-22(29)21(32-23(28)31)13-17-9-4-5-12-20(17)30-15-16-7-2-1-3-8-16/h1-14H,15H2. The molecule has 1 saturated heterocycles. The summed E-state index contributed by atoms with van der Waals surface area (Å²) in [5, 5.41) is 0. The maximum atomic E-state index is 13.1. The predicted octanol–water partition coefficient (Wildman–Crippen LogP) is 6.69. The number of nitrogens with zero attached hydrogens (tertiary/aromatic N) is 1. The van der Waals surface area contributed by atoms with E-state index in [0.29, 0.717) is 22.8 Å². The van der Waals surface area contributed by atoms with Crippen molar-refractivity contribution in [2.45, 2.75) is 12.8 Å². The summed E-state index contributed by atoms with van der Waals surface area (Å²) in [6.45, 7) is 0.358. The van der Waals surface area contributed by atoms with Gasteiger partial charge in [-0.3, -0.25) is 9.69 Å². The number of thiocarbonyl (C=S) groups is 1. The minimum atomic E-state index is -4.51. The molecule has 4 rings (SSSR count). The summed E-state index contributed by atoms with van der Waals surface area (Å²) in [6, 6.07) is 21.5. The average molecular weight is 472 g/mol. The lowest BCUT2D eigenvalue weighted by Gasteiger charge is -2.16. The molecule has 3 aromatic rings. The van der Waals surface area contributed by atoms with Crippen LogP contribution in [0.1, 0.15) is 16.7 Å². The number of carbonyl (C=O) groups is 1. The molecule has 3 nitrogen and oxygen atoms in total. The van der Waals surface area contributed by atoms with Gasteiger partial charge in [0.05, 0.1) is 16.2 Å². The van der Waals surface area contributed by atoms with Gasteiger partial charge in [0, 0.05) is 5.56 Å². The fraction of sp³-hybridized carbons (Fsp3) is 0.0833. The van der Waals surface area contributed by atoms with Crippen LogP contribution in [0.3, 0.4) is 0 Å². The molecule has 0 spiro atoms. The predicted molar refractivity (Wildman–Crippen MR) is 124 cm³/mol. The zero-order valence-electron chi connectivity index (χ0n) is 16.5. The van der Waals surface area contributed by atoms with Gasteiger partial charge in [0.2, 0.25) is 0 Å². The van der Waals surface area contributed by atoms with Gasteiger partial charge in [-0.15, -0.1) is 0 Å². The first kappa shape index (κ1) is 22.1. The molecule has 1 heterocycles. The average Bonchev–Trinajstić information content (AvgIpc) is 3.06. The van der Waals surface area contributed by atoms with E-state index in [1.54, 1.807) is 18.2 Å². The topological polar surface area (TPSA) is 29.5 Å². The van der Waals surface area contributed by atoms with Gasteiger partial charge in [-0.25, -0.2) is 0 Å². The third-order valence-electron chi connectivity index (χ3n) is 4.67. The Morgan fingerprint density at radius 3 is 2.44 bits per heavy atom. The number of hydrogen-bond acceptors (Lipinski definition) is 4. The first-order chi connectivity index (χ1) is 15.3. The summed E-state index contributed by atoms with van der Waals surface area (Å²) in [7, 11) is 0. The summed E-state index contributed by atoms with van der Waals surface area (Å²) < 4.78 is 45.4. The number of para-hydroxylation sites is 1. The van der Waals surface area contributed by atoms with E-state index in [1.807, 2.05) is 42.5 Å². The molecule has 0 bridgehead atoms. The van der Waals surface area contributed by atoms with Crippen molar-refractivity contribution in [2.75, 3.05) is 4.90 Å². The summed E-state index contributed by atoms with van der Waals surface area (Å²) >= 11 is 6.33. The zero-order chi connectivity index (χ0) is 22.7. The maximum Gasteiger partial charge on any atom is 0.416 e. The number of benzene rings is 3. The summed E-state index contributed by atoms with van der Waals surface area (Å²) in [6.07, 6.45) is -2.87. The third-order valence-corrected chi connectivity index (χ3v) is 5.97. The number of hydrogen-bond donors (Lipinski definition) is 0. The van der Waals surface area contributed by atoms with E-state index in [4.69, 9.17) is 17.0 Å². The van der Waals surface area contributed by atoms with Gasteiger partial charge in [-0.1, -0.05) is 78.6 Å². The number of alkyl halides is 3. The monoisotopic (exact) mass is 471 g/mol. The lowest BCUT2D eigenvalue weighted by molar-refractivity contribution is -0.137. The minimum Gasteiger partial charge on any atom is -0.488 e. The highest BCUT2D eigenvalue weighted by atomic mass is 32.2. The fourth-order valence-corrected chi connectivity index (χ4v) is 4.41. The fourth-order valence-electron chi connectivity index (χ4n) is 3.12. The third kappa shape index (κ3) is 4.87. The normalized spacial score (nSPS) is 15.5. The van der Waals surface area contributed by atoms with Crippen molar-refractivity contribution in [1.29, 1.82) is 0 Å². The quantitative estimate of drug-likeness (QED) is 0.306. The van der Waals surface area contributed by atoms with Gasteiger partial charge in [-0.05, 0) is 35.9 Å². The van der Waals surface area contributed by atoms with Crippen LogP contribution in [0.5, 0.6) is 5.75 Å². The molecular weight excluding hydrogens is 455 g/mol. The van der Waals surface area contributed by atoms with Crippen LogP contribution in [0.2, 0.25) is 0 Å². The van der Waals surface area contributed by atoms with E-state index in [0.717, 1.165) is 34.4 Å². The second-order valence-electron chi connectivity index (χ2n) is 6.88. The van der Waals surface area contributed by atoms with Gasteiger partial charge < -0.3 is 4.74 Å². The first-order valence-corrected chi connectivity index (χ1v) is 10.8. The Labute approximate surface area is 192 Å². The van der Waals surface area contributed by atoms with Crippen LogP contribution in [0.4, 0.5) is 18.9 Å². The minimum absolute atomic E-state index is 0.0827. The van der Waals surface area contributed by atoms with Crippen LogP contribution < -0.4 is 9.64 Å². The highest BCUT2D eigenvalue weighted by molar-refractivity contribution is 8.27. The smallest absolute Gasteiger partial charge is 0.416 e. The lowest BCUT2D eigenvalue weighted by atomic mass is 10.1. The van der Waals surface area contributed by atoms with Gasteiger partial charge in [0.1, 0.15) is 12.4 Å². The van der Waals surface area contributed by atoms with E-state index < -0.39 is 17.6 Å². The largest absolute Gasteiger partial charge is 0.488 e. The van der Waals surface area contributed by atoms with E-state index in [1.165, 1.54) is 12.1 Å². The molecule has 1 amide bonds. The maximum absolute atomic E-state index is 13.1. The van der Waals surface area contributed by atoms with Crippen molar-refractivity contribution in [3.05, 3.63) is 100 Å². The number of amides is 1. The van der Waals surface area contributed by atoms with Crippen molar-refractivity contribution >= 4 is 46.0 Å². The SMILES string of the molecule is O=C1C(=Cc2ccccc2OCc2ccccc2)SC(=S)N1c1cccc(C(F)(F)F)c1. The highest BCUT2D eigenvalue weighted by Gasteiger charge is 2.36. The first-order valence-electron chi connectivity index (χ1n) is 9.54. The Kier molecular flexibility index (Phi) is 6.34. The Bertz CT molecular complexity index is 1190. The number of thioether (sulfide) groups is 1. The Hall–Kier alpha value is -3.10. The molecule has 0 saturated carbocycles. The van der Waals surface area contributed by atoms with Crippen molar-refractivity contribution in [3.8, 4) is 5.75 Å². The number of rotatable bonds is 5. The number of anilines is 1. The molecule has 0 N–H and O–H groups in total. The number of carbonyl (C=O) groups excluding carboxylic acids is 1. The van der Waals surface area contributed by atoms with Crippen LogP contribution >= 0.6 is 24.0 Å². The van der Waals surface area contributed by atoms with Gasteiger partial charge in [0.15, 0.2) is 4.32 Å². The molecule has 0 atom stereocenters. The van der Waals surface area contributed by atoms with Gasteiger partial charge in [0.25, 0.3) is 5.91 Å². The second kappa shape index (κ2) is 9.18. The zero-order valence-corrected chi connectivity index (χ0v) is 18.1. The van der Waals surface area contributed by atoms with Crippen molar-refractivity contribution in [2.24, 2.45) is 0 Å². The van der Waals surface area contributed by atoms with E-state index in [-0.39, 0.29) is 10.0 Å². The van der Waals surface area contributed by atoms with Gasteiger partial charge in [-0.2, -0.15) is 13.2 Å². The molecule has 162 valence electrons. The molecule has 1 aliphatic rings. The molecule has 3 aromatic carbocycles. The molecule has 0 unspecified atom stereocenters. The summed E-state index contributed by atoms with van der Waals surface area (Å²) in [4.78, 5) is 14.4. The molecule has 8 heteroatoms. The molecule has 0 aromatic heterocycles. The molecule has 1 aliphatic heterocycles. The van der Waals surface area contributed by atoms with Gasteiger partial charge >= 0.3 is 6.18 Å². The highest BCUT2D eigenvalue weighted by Crippen LogP contribution is 2.39. The summed E-state index contributed by atoms with van der Waals surface area (Å²) in [5.41, 5.74) is 0.915. The van der Waals surface area contributed by atoms with Crippen LogP contribution in [0.15, 0.2) is 83.8 Å². The molecule has 1 fully saturated rings. The van der Waals surface area contributed by atoms with Crippen LogP contribution in [-0.4, -0.2) is 10.2 Å². The second-order valence-corrected chi connectivity index (χ2v) is 8.55. The van der Waals surface area contributed by atoms with E-state index >= 15 is 0 Å². The Morgan fingerprint density at radius 1 is 0.969 bits per heavy atom. The van der Waals surface area contributed by atoms with E-state index in [9.17, 15) is 18.0 Å². The Balaban J connectivity index is 1.59. The molecule has 0 aliphatic carbocycles. The van der Waals surface area contributed by atoms with Crippen LogP contribution in [0, 0.1) is 0 Å². The molecule has 32 heavy (non-hydrogen) atoms. The lowest BCUT2D eigenvalue weighted by Crippen LogP contribution is -2.27. The number of ether oxygens (including phenoxy) is 1. The van der Waals surface area contributed by atoms with Crippen LogP contribution in [-0.2, 0) is 17.6 Å². The van der Waals surface area contributed by atoms with Crippen molar-refractivity contribution in [1.82, 2.24) is 0 Å². The van der Waals surface area contributed by atoms with Crippen molar-refractivity contribution < 1.29 is 22.7 Å². The molecular formula is C24H16F3NO2S2. The van der Waals surface area contributed by atoms with Crippen molar-refractivity contribution in [3.63, 3.8) is 0 Å².